The number of methoxy groups -OCH3 is 1. The van der Waals surface area contributed by atoms with Crippen molar-refractivity contribution >= 4 is 5.69 Å². The number of rotatable bonds is 3. The molecule has 1 saturated carbocycles. The summed E-state index contributed by atoms with van der Waals surface area (Å²) in [6, 6.07) is 6.16. The first kappa shape index (κ1) is 13.7. The molecule has 1 heterocycles. The quantitative estimate of drug-likeness (QED) is 0.858. The van der Waals surface area contributed by atoms with Gasteiger partial charge in [-0.05, 0) is 36.0 Å². The second-order valence-electron chi connectivity index (χ2n) is 6.64. The van der Waals surface area contributed by atoms with Gasteiger partial charge in [-0.1, -0.05) is 31.7 Å². The minimum atomic E-state index is 0.647. The number of nitrogens with zero attached hydrogens (tertiary/aromatic N) is 1. The summed E-state index contributed by atoms with van der Waals surface area (Å²) in [7, 11) is 1.66. The average molecular weight is 274 g/mol. The molecule has 2 fully saturated rings. The van der Waals surface area contributed by atoms with E-state index in [9.17, 15) is 0 Å². The molecule has 110 valence electrons. The molecule has 1 aliphatic heterocycles. The van der Waals surface area contributed by atoms with E-state index in [0.29, 0.717) is 5.41 Å². The summed E-state index contributed by atoms with van der Waals surface area (Å²) in [6.45, 7) is 3.58. The van der Waals surface area contributed by atoms with Gasteiger partial charge in [-0.25, -0.2) is 0 Å². The van der Waals surface area contributed by atoms with Gasteiger partial charge in [0, 0.05) is 19.6 Å². The molecule has 1 aliphatic carbocycles. The zero-order valence-electron chi connectivity index (χ0n) is 12.5. The SMILES string of the molecule is COc1ccc(CN2CC3(CCCCCC3)C2)cc1N. The van der Waals surface area contributed by atoms with Crippen molar-refractivity contribution in [3.05, 3.63) is 23.8 Å². The van der Waals surface area contributed by atoms with Crippen molar-refractivity contribution < 1.29 is 4.74 Å². The molecular formula is C17H26N2O. The fourth-order valence-corrected chi connectivity index (χ4v) is 3.95. The summed E-state index contributed by atoms with van der Waals surface area (Å²) in [5.41, 5.74) is 8.67. The zero-order valence-corrected chi connectivity index (χ0v) is 12.5. The van der Waals surface area contributed by atoms with Crippen LogP contribution in [0.25, 0.3) is 0 Å². The Morgan fingerprint density at radius 1 is 1.15 bits per heavy atom. The Morgan fingerprint density at radius 2 is 1.85 bits per heavy atom. The summed E-state index contributed by atoms with van der Waals surface area (Å²) in [4.78, 5) is 2.56. The third kappa shape index (κ3) is 2.78. The van der Waals surface area contributed by atoms with Crippen molar-refractivity contribution in [2.75, 3.05) is 25.9 Å². The molecule has 3 nitrogen and oxygen atoms in total. The van der Waals surface area contributed by atoms with Crippen LogP contribution in [0.5, 0.6) is 5.75 Å². The average Bonchev–Trinajstić information content (AvgIpc) is 2.64. The lowest BCUT2D eigenvalue weighted by molar-refractivity contribution is -0.0176. The number of nitrogens with two attached hydrogens (primary N) is 1. The third-order valence-corrected chi connectivity index (χ3v) is 4.98. The Bertz CT molecular complexity index is 456. The lowest BCUT2D eigenvalue weighted by Crippen LogP contribution is -2.55. The van der Waals surface area contributed by atoms with Crippen molar-refractivity contribution in [3.8, 4) is 5.75 Å². The Hall–Kier alpha value is -1.22. The number of benzene rings is 1. The Balaban J connectivity index is 1.56. The van der Waals surface area contributed by atoms with Gasteiger partial charge >= 0.3 is 0 Å². The van der Waals surface area contributed by atoms with E-state index in [4.69, 9.17) is 10.5 Å². The number of nitrogen functional groups attached to an aromatic ring is 1. The highest BCUT2D eigenvalue weighted by molar-refractivity contribution is 5.54. The molecule has 20 heavy (non-hydrogen) atoms. The number of hydrogen-bond donors (Lipinski definition) is 1. The van der Waals surface area contributed by atoms with Gasteiger partial charge in [-0.15, -0.1) is 0 Å². The predicted molar refractivity (Wildman–Crippen MR) is 82.8 cm³/mol. The van der Waals surface area contributed by atoms with Crippen molar-refractivity contribution in [1.29, 1.82) is 0 Å². The van der Waals surface area contributed by atoms with Gasteiger partial charge in [-0.3, -0.25) is 4.90 Å². The van der Waals surface area contributed by atoms with Gasteiger partial charge < -0.3 is 10.5 Å². The maximum Gasteiger partial charge on any atom is 0.141 e. The van der Waals surface area contributed by atoms with E-state index in [2.05, 4.69) is 17.0 Å². The van der Waals surface area contributed by atoms with E-state index in [1.165, 1.54) is 57.2 Å². The minimum Gasteiger partial charge on any atom is -0.495 e. The number of ether oxygens (including phenoxy) is 1. The van der Waals surface area contributed by atoms with Gasteiger partial charge in [0.15, 0.2) is 0 Å². The van der Waals surface area contributed by atoms with Gasteiger partial charge in [0.2, 0.25) is 0 Å². The summed E-state index contributed by atoms with van der Waals surface area (Å²) in [5.74, 6) is 0.776. The number of likely N-dealkylation sites (tertiary alicyclic amines) is 1. The fourth-order valence-electron chi connectivity index (χ4n) is 3.95. The zero-order chi connectivity index (χ0) is 14.0. The first-order valence-electron chi connectivity index (χ1n) is 7.86. The van der Waals surface area contributed by atoms with E-state index < -0.39 is 0 Å². The maximum atomic E-state index is 5.98. The molecule has 0 unspecified atom stereocenters. The molecule has 0 aromatic heterocycles. The van der Waals surface area contributed by atoms with Crippen LogP contribution >= 0.6 is 0 Å². The van der Waals surface area contributed by atoms with Crippen LogP contribution in [-0.4, -0.2) is 25.1 Å². The standard InChI is InChI=1S/C17H26N2O/c1-20-16-7-6-14(10-15(16)18)11-19-12-17(13-19)8-4-2-3-5-9-17/h6-7,10H,2-5,8-9,11-13,18H2,1H3. The summed E-state index contributed by atoms with van der Waals surface area (Å²) in [5, 5.41) is 0. The third-order valence-electron chi connectivity index (χ3n) is 4.98. The second kappa shape index (κ2) is 5.65. The second-order valence-corrected chi connectivity index (χ2v) is 6.64. The Labute approximate surface area is 122 Å². The summed E-state index contributed by atoms with van der Waals surface area (Å²) >= 11 is 0. The molecule has 1 aromatic carbocycles. The minimum absolute atomic E-state index is 0.647. The molecule has 1 saturated heterocycles. The smallest absolute Gasteiger partial charge is 0.141 e. The van der Waals surface area contributed by atoms with Crippen LogP contribution in [0.1, 0.15) is 44.1 Å². The van der Waals surface area contributed by atoms with Crippen LogP contribution in [0.3, 0.4) is 0 Å². The van der Waals surface area contributed by atoms with Crippen molar-refractivity contribution in [2.24, 2.45) is 5.41 Å². The van der Waals surface area contributed by atoms with Crippen molar-refractivity contribution in [3.63, 3.8) is 0 Å². The van der Waals surface area contributed by atoms with Crippen molar-refractivity contribution in [1.82, 2.24) is 4.90 Å². The highest BCUT2D eigenvalue weighted by Gasteiger charge is 2.42. The van der Waals surface area contributed by atoms with E-state index in [-0.39, 0.29) is 0 Å². The molecule has 0 bridgehead atoms. The van der Waals surface area contributed by atoms with Crippen LogP contribution in [0.4, 0.5) is 5.69 Å². The van der Waals surface area contributed by atoms with Gasteiger partial charge in [0.05, 0.1) is 12.8 Å². The Kier molecular flexibility index (Phi) is 3.88. The van der Waals surface area contributed by atoms with E-state index >= 15 is 0 Å². The topological polar surface area (TPSA) is 38.5 Å². The molecule has 1 aromatic rings. The lowest BCUT2D eigenvalue weighted by atomic mass is 9.73. The number of anilines is 1. The van der Waals surface area contributed by atoms with Gasteiger partial charge in [-0.2, -0.15) is 0 Å². The monoisotopic (exact) mass is 274 g/mol. The largest absolute Gasteiger partial charge is 0.495 e. The molecule has 2 aliphatic rings. The molecule has 0 radical (unpaired) electrons. The first-order valence-corrected chi connectivity index (χ1v) is 7.86. The normalized spacial score (nSPS) is 22.2. The van der Waals surface area contributed by atoms with Crippen LogP contribution in [-0.2, 0) is 6.54 Å². The molecule has 2 N–H and O–H groups in total. The Morgan fingerprint density at radius 3 is 2.45 bits per heavy atom. The molecule has 3 heteroatoms. The van der Waals surface area contributed by atoms with Crippen LogP contribution in [0, 0.1) is 5.41 Å². The van der Waals surface area contributed by atoms with Gasteiger partial charge in [0.25, 0.3) is 0 Å². The van der Waals surface area contributed by atoms with E-state index in [1.54, 1.807) is 7.11 Å². The van der Waals surface area contributed by atoms with Crippen LogP contribution in [0.15, 0.2) is 18.2 Å². The van der Waals surface area contributed by atoms with Crippen LogP contribution in [0.2, 0.25) is 0 Å². The molecule has 1 spiro atoms. The predicted octanol–water partition coefficient (Wildman–Crippen LogP) is 3.43. The highest BCUT2D eigenvalue weighted by atomic mass is 16.5. The summed E-state index contributed by atoms with van der Waals surface area (Å²) < 4.78 is 5.21. The maximum absolute atomic E-state index is 5.98. The molecular weight excluding hydrogens is 248 g/mol. The fraction of sp³-hybridized carbons (Fsp3) is 0.647. The van der Waals surface area contributed by atoms with E-state index in [0.717, 1.165) is 18.0 Å². The molecule has 0 atom stereocenters. The van der Waals surface area contributed by atoms with Crippen LogP contribution < -0.4 is 10.5 Å². The summed E-state index contributed by atoms with van der Waals surface area (Å²) in [6.07, 6.45) is 8.63. The molecule has 3 rings (SSSR count). The van der Waals surface area contributed by atoms with Gasteiger partial charge in [0.1, 0.15) is 5.75 Å². The lowest BCUT2D eigenvalue weighted by Gasteiger charge is -2.50. The number of hydrogen-bond acceptors (Lipinski definition) is 3. The van der Waals surface area contributed by atoms with Crippen molar-refractivity contribution in [2.45, 2.75) is 45.1 Å². The first-order chi connectivity index (χ1) is 9.71. The van der Waals surface area contributed by atoms with E-state index in [1.807, 2.05) is 6.07 Å². The highest BCUT2D eigenvalue weighted by Crippen LogP contribution is 2.43. The molecule has 0 amide bonds.